The van der Waals surface area contributed by atoms with Gasteiger partial charge in [-0.25, -0.2) is 18.1 Å². The van der Waals surface area contributed by atoms with Crippen molar-refractivity contribution in [3.05, 3.63) is 23.9 Å². The molecule has 102 valence electrons. The Morgan fingerprint density at radius 2 is 2.00 bits per heavy atom. The molecule has 0 amide bonds. The maximum Gasteiger partial charge on any atom is 0.416 e. The van der Waals surface area contributed by atoms with E-state index in [2.05, 4.69) is 15.0 Å². The molecule has 18 heavy (non-hydrogen) atoms. The molecule has 0 spiro atoms. The molecule has 0 unspecified atom stereocenters. The van der Waals surface area contributed by atoms with E-state index in [1.807, 2.05) is 0 Å². The first-order valence-corrected chi connectivity index (χ1v) is 6.79. The minimum absolute atomic E-state index is 0.0418. The van der Waals surface area contributed by atoms with Crippen molar-refractivity contribution in [2.45, 2.75) is 6.18 Å². The average molecular weight is 283 g/mol. The van der Waals surface area contributed by atoms with Gasteiger partial charge >= 0.3 is 6.18 Å². The number of pyridine rings is 1. The Balaban J connectivity index is 2.53. The van der Waals surface area contributed by atoms with Crippen LogP contribution in [0, 0.1) is 0 Å². The van der Waals surface area contributed by atoms with Crippen molar-refractivity contribution in [3.8, 4) is 0 Å². The van der Waals surface area contributed by atoms with Gasteiger partial charge in [-0.05, 0) is 12.1 Å². The summed E-state index contributed by atoms with van der Waals surface area (Å²) in [7, 11) is -3.30. The minimum atomic E-state index is -4.43. The van der Waals surface area contributed by atoms with Crippen LogP contribution in [0.25, 0.3) is 0 Å². The number of rotatable bonds is 5. The Hall–Kier alpha value is -1.35. The molecule has 0 saturated carbocycles. The van der Waals surface area contributed by atoms with Crippen molar-refractivity contribution < 1.29 is 21.6 Å². The molecule has 0 saturated heterocycles. The Bertz CT molecular complexity index is 502. The van der Waals surface area contributed by atoms with Crippen LogP contribution in [-0.4, -0.2) is 32.7 Å². The monoisotopic (exact) mass is 283 g/mol. The predicted molar refractivity (Wildman–Crippen MR) is 60.6 cm³/mol. The summed E-state index contributed by atoms with van der Waals surface area (Å²) in [6.45, 7) is 0.206. The van der Waals surface area contributed by atoms with Crippen molar-refractivity contribution in [1.29, 1.82) is 0 Å². The second kappa shape index (κ2) is 5.53. The molecule has 9 heteroatoms. The summed E-state index contributed by atoms with van der Waals surface area (Å²) in [5.41, 5.74) is -0.809. The van der Waals surface area contributed by atoms with Gasteiger partial charge in [-0.1, -0.05) is 0 Å². The van der Waals surface area contributed by atoms with Crippen LogP contribution >= 0.6 is 0 Å². The molecule has 1 heterocycles. The zero-order valence-electron chi connectivity index (χ0n) is 9.45. The first-order chi connectivity index (χ1) is 8.18. The number of anilines is 1. The van der Waals surface area contributed by atoms with Crippen molar-refractivity contribution in [1.82, 2.24) is 9.71 Å². The number of sulfonamides is 1. The number of aromatic nitrogens is 1. The molecule has 0 atom stereocenters. The summed E-state index contributed by atoms with van der Waals surface area (Å²) in [6.07, 6.45) is -2.39. The summed E-state index contributed by atoms with van der Waals surface area (Å²) in [5.74, 6) is 0.0418. The maximum atomic E-state index is 12.4. The molecule has 0 aliphatic heterocycles. The highest BCUT2D eigenvalue weighted by molar-refractivity contribution is 7.88. The fourth-order valence-corrected chi connectivity index (χ4v) is 1.60. The number of hydrogen-bond donors (Lipinski definition) is 2. The molecule has 1 aromatic rings. The highest BCUT2D eigenvalue weighted by Gasteiger charge is 2.30. The Morgan fingerprint density at radius 1 is 1.33 bits per heavy atom. The fraction of sp³-hybridized carbons (Fsp3) is 0.444. The van der Waals surface area contributed by atoms with Gasteiger partial charge in [-0.3, -0.25) is 0 Å². The van der Waals surface area contributed by atoms with Crippen LogP contribution in [0.15, 0.2) is 18.3 Å². The summed E-state index contributed by atoms with van der Waals surface area (Å²) in [6, 6.07) is 1.72. The molecule has 0 fully saturated rings. The number of alkyl halides is 3. The van der Waals surface area contributed by atoms with E-state index in [4.69, 9.17) is 0 Å². The average Bonchev–Trinajstić information content (AvgIpc) is 2.22. The molecule has 0 aliphatic rings. The number of nitrogens with one attached hydrogen (secondary N) is 2. The van der Waals surface area contributed by atoms with E-state index in [9.17, 15) is 21.6 Å². The topological polar surface area (TPSA) is 71.1 Å². The zero-order chi connectivity index (χ0) is 13.8. The van der Waals surface area contributed by atoms with Crippen molar-refractivity contribution in [2.75, 3.05) is 24.7 Å². The van der Waals surface area contributed by atoms with Crippen LogP contribution in [0.2, 0.25) is 0 Å². The Morgan fingerprint density at radius 3 is 2.56 bits per heavy atom. The molecule has 0 aromatic carbocycles. The van der Waals surface area contributed by atoms with Gasteiger partial charge < -0.3 is 5.32 Å². The van der Waals surface area contributed by atoms with Crippen molar-refractivity contribution in [2.24, 2.45) is 0 Å². The third-order valence-corrected chi connectivity index (χ3v) is 2.61. The van der Waals surface area contributed by atoms with Gasteiger partial charge in [0, 0.05) is 19.3 Å². The van der Waals surface area contributed by atoms with Crippen LogP contribution in [0.3, 0.4) is 0 Å². The molecule has 1 aromatic heterocycles. The summed E-state index contributed by atoms with van der Waals surface area (Å²) >= 11 is 0. The molecule has 0 bridgehead atoms. The van der Waals surface area contributed by atoms with Gasteiger partial charge in [0.15, 0.2) is 0 Å². The standard InChI is InChI=1S/C9H12F3N3O2S/c1-18(16,17)15-5-4-14-8-6-7(2-3-13-8)9(10,11)12/h2-3,6,15H,4-5H2,1H3,(H,13,14). The predicted octanol–water partition coefficient (Wildman–Crippen LogP) is 1.06. The SMILES string of the molecule is CS(=O)(=O)NCCNc1cc(C(F)(F)F)ccn1. The van der Waals surface area contributed by atoms with Gasteiger partial charge in [0.2, 0.25) is 10.0 Å². The van der Waals surface area contributed by atoms with Crippen molar-refractivity contribution >= 4 is 15.8 Å². The van der Waals surface area contributed by atoms with E-state index in [0.717, 1.165) is 24.6 Å². The smallest absolute Gasteiger partial charge is 0.369 e. The van der Waals surface area contributed by atoms with E-state index >= 15 is 0 Å². The summed E-state index contributed by atoms with van der Waals surface area (Å²) < 4.78 is 60.7. The van der Waals surface area contributed by atoms with Gasteiger partial charge in [0.1, 0.15) is 5.82 Å². The van der Waals surface area contributed by atoms with E-state index in [1.165, 1.54) is 0 Å². The molecular formula is C9H12F3N3O2S. The van der Waals surface area contributed by atoms with Crippen LogP contribution in [-0.2, 0) is 16.2 Å². The van der Waals surface area contributed by atoms with Crippen molar-refractivity contribution in [3.63, 3.8) is 0 Å². The lowest BCUT2D eigenvalue weighted by Gasteiger charge is -2.09. The largest absolute Gasteiger partial charge is 0.416 e. The second-order valence-corrected chi connectivity index (χ2v) is 5.35. The minimum Gasteiger partial charge on any atom is -0.369 e. The summed E-state index contributed by atoms with van der Waals surface area (Å²) in [4.78, 5) is 3.70. The van der Waals surface area contributed by atoms with Crippen LogP contribution in [0.4, 0.5) is 19.0 Å². The molecule has 5 nitrogen and oxygen atoms in total. The van der Waals surface area contributed by atoms with E-state index in [-0.39, 0.29) is 18.9 Å². The van der Waals surface area contributed by atoms with E-state index in [0.29, 0.717) is 0 Å². The molecule has 2 N–H and O–H groups in total. The number of hydrogen-bond acceptors (Lipinski definition) is 4. The lowest BCUT2D eigenvalue weighted by atomic mass is 10.2. The van der Waals surface area contributed by atoms with Gasteiger partial charge in [0.05, 0.1) is 11.8 Å². The maximum absolute atomic E-state index is 12.4. The molecule has 1 rings (SSSR count). The van der Waals surface area contributed by atoms with Crippen LogP contribution in [0.1, 0.15) is 5.56 Å². The molecule has 0 aliphatic carbocycles. The Kier molecular flexibility index (Phi) is 4.52. The van der Waals surface area contributed by atoms with Gasteiger partial charge in [0.25, 0.3) is 0 Å². The van der Waals surface area contributed by atoms with Gasteiger partial charge in [-0.15, -0.1) is 0 Å². The number of nitrogens with zero attached hydrogens (tertiary/aromatic N) is 1. The van der Waals surface area contributed by atoms with E-state index < -0.39 is 21.8 Å². The quantitative estimate of drug-likeness (QED) is 0.793. The first-order valence-electron chi connectivity index (χ1n) is 4.90. The third kappa shape index (κ3) is 5.32. The molecular weight excluding hydrogens is 271 g/mol. The third-order valence-electron chi connectivity index (χ3n) is 1.88. The van der Waals surface area contributed by atoms with E-state index in [1.54, 1.807) is 0 Å². The number of halogens is 3. The summed E-state index contributed by atoms with van der Waals surface area (Å²) in [5, 5.41) is 2.59. The lowest BCUT2D eigenvalue weighted by molar-refractivity contribution is -0.137. The second-order valence-electron chi connectivity index (χ2n) is 3.52. The van der Waals surface area contributed by atoms with Gasteiger partial charge in [-0.2, -0.15) is 13.2 Å². The lowest BCUT2D eigenvalue weighted by Crippen LogP contribution is -2.27. The Labute approximate surface area is 102 Å². The van der Waals surface area contributed by atoms with Crippen LogP contribution in [0.5, 0.6) is 0 Å². The first kappa shape index (κ1) is 14.7. The normalized spacial score (nSPS) is 12.4. The van der Waals surface area contributed by atoms with Crippen LogP contribution < -0.4 is 10.0 Å². The fourth-order valence-electron chi connectivity index (χ4n) is 1.13. The molecule has 0 radical (unpaired) electrons. The highest BCUT2D eigenvalue weighted by atomic mass is 32.2. The zero-order valence-corrected chi connectivity index (χ0v) is 10.3. The highest BCUT2D eigenvalue weighted by Crippen LogP contribution is 2.29.